The van der Waals surface area contributed by atoms with E-state index in [1.54, 1.807) is 0 Å². The fraction of sp³-hybridized carbons (Fsp3) is 0.588. The van der Waals surface area contributed by atoms with Crippen LogP contribution in [0.2, 0.25) is 0 Å². The molecule has 0 atom stereocenters. The Morgan fingerprint density at radius 3 is 0.754 bits per heavy atom. The topological polar surface area (TPSA) is 9.23 Å². The van der Waals surface area contributed by atoms with Crippen molar-refractivity contribution in [2.24, 2.45) is 0 Å². The Kier molecular flexibility index (Phi) is 25.4. The van der Waals surface area contributed by atoms with E-state index in [2.05, 4.69) is 113 Å². The first-order chi connectivity index (χ1) is 34.2. The van der Waals surface area contributed by atoms with Gasteiger partial charge >= 0.3 is 0 Å². The summed E-state index contributed by atoms with van der Waals surface area (Å²) in [4.78, 5) is 0. The smallest absolute Gasteiger partial charge is 0.135 e. The number of rotatable bonds is 38. The molecule has 0 saturated heterocycles. The van der Waals surface area contributed by atoms with Crippen LogP contribution in [0.15, 0.2) is 84.9 Å². The summed E-state index contributed by atoms with van der Waals surface area (Å²) in [6.07, 6.45) is 47.3. The van der Waals surface area contributed by atoms with Gasteiger partial charge in [-0.25, -0.2) is 0 Å². The minimum Gasteiger partial charge on any atom is -0.456 e. The van der Waals surface area contributed by atoms with E-state index in [1.807, 2.05) is 0 Å². The molecule has 0 bridgehead atoms. The summed E-state index contributed by atoms with van der Waals surface area (Å²) >= 11 is 0. The van der Waals surface area contributed by atoms with Gasteiger partial charge in [-0.15, -0.1) is 0 Å². The number of unbranched alkanes of at least 4 members (excludes halogenated alkanes) is 28. The highest BCUT2D eigenvalue weighted by atomic mass is 16.5. The Balaban J connectivity index is 1.39. The molecule has 0 aliphatic rings. The quantitative estimate of drug-likeness (QED) is 0.0278. The lowest BCUT2D eigenvalue weighted by Crippen LogP contribution is -2.01. The molecule has 69 heavy (non-hydrogen) atoms. The van der Waals surface area contributed by atoms with Crippen LogP contribution in [0.25, 0.3) is 43.1 Å². The van der Waals surface area contributed by atoms with Gasteiger partial charge in [-0.3, -0.25) is 0 Å². The molecule has 0 amide bonds. The summed E-state index contributed by atoms with van der Waals surface area (Å²) in [6.45, 7) is 9.28. The highest BCUT2D eigenvalue weighted by Gasteiger charge is 2.21. The summed E-state index contributed by atoms with van der Waals surface area (Å²) < 4.78 is 7.64. The summed E-state index contributed by atoms with van der Waals surface area (Å²) in [5, 5.41) is 11.4. The SMILES string of the molecule is CCCCCCCCCCc1c2ccccc2c(CCCCCCCCCC)c2c(Oc3cccc4c(CCCCCCCCCC)c5ccccc5c(CCCCCCCCCC)c34)cccc12. The monoisotopic (exact) mass is 931 g/mol. The second kappa shape index (κ2) is 32.2. The van der Waals surface area contributed by atoms with E-state index >= 15 is 0 Å². The lowest BCUT2D eigenvalue weighted by atomic mass is 9.86. The second-order valence-electron chi connectivity index (χ2n) is 21.4. The standard InChI is InChI=1S/C68H98O/c1-5-9-13-17-21-25-29-33-43-57-55-45-37-39-47-59(55)61(49-35-31-27-23-19-15-11-7-3)67-63(57)51-41-53-65(67)69-66-54-42-52-64-58(44-34-30-26-22-18-14-10-6-2)56-46-38-40-48-60(56)62(68(64)66)50-36-32-28-24-20-16-12-8-4/h37-42,45-48,51-54H,5-36,43-44,49-50H2,1-4H3. The number of fused-ring (bicyclic) bond motifs is 4. The van der Waals surface area contributed by atoms with Gasteiger partial charge in [0.1, 0.15) is 11.5 Å². The fourth-order valence-corrected chi connectivity index (χ4v) is 11.9. The third kappa shape index (κ3) is 16.6. The molecule has 0 aromatic heterocycles. The number of hydrogen-bond acceptors (Lipinski definition) is 1. The molecule has 376 valence electrons. The van der Waals surface area contributed by atoms with Crippen molar-refractivity contribution in [1.29, 1.82) is 0 Å². The van der Waals surface area contributed by atoms with Gasteiger partial charge in [0.2, 0.25) is 0 Å². The third-order valence-corrected chi connectivity index (χ3v) is 15.8. The van der Waals surface area contributed by atoms with E-state index in [1.165, 1.54) is 271 Å². The lowest BCUT2D eigenvalue weighted by molar-refractivity contribution is 0.493. The molecule has 0 saturated carbocycles. The summed E-state index contributed by atoms with van der Waals surface area (Å²) in [7, 11) is 0. The molecule has 0 fully saturated rings. The van der Waals surface area contributed by atoms with Crippen molar-refractivity contribution < 1.29 is 4.74 Å². The lowest BCUT2D eigenvalue weighted by Gasteiger charge is -2.22. The van der Waals surface area contributed by atoms with Gasteiger partial charge in [0.15, 0.2) is 0 Å². The highest BCUT2D eigenvalue weighted by Crippen LogP contribution is 2.45. The van der Waals surface area contributed by atoms with Crippen LogP contribution in [0, 0.1) is 0 Å². The molecule has 0 unspecified atom stereocenters. The molecular weight excluding hydrogens is 833 g/mol. The first-order valence-electron chi connectivity index (χ1n) is 29.8. The Hall–Kier alpha value is -3.84. The zero-order valence-corrected chi connectivity index (χ0v) is 44.9. The normalized spacial score (nSPS) is 11.8. The first kappa shape index (κ1) is 54.5. The number of benzene rings is 6. The fourth-order valence-electron chi connectivity index (χ4n) is 11.9. The predicted octanol–water partition coefficient (Wildman–Crippen LogP) is 22.8. The number of ether oxygens (including phenoxy) is 1. The van der Waals surface area contributed by atoms with Crippen molar-refractivity contribution in [1.82, 2.24) is 0 Å². The average Bonchev–Trinajstić information content (AvgIpc) is 3.37. The maximum atomic E-state index is 7.64. The molecule has 0 N–H and O–H groups in total. The average molecular weight is 932 g/mol. The molecule has 1 heteroatoms. The highest BCUT2D eigenvalue weighted by molar-refractivity contribution is 6.10. The van der Waals surface area contributed by atoms with Crippen molar-refractivity contribution in [3.05, 3.63) is 107 Å². The Morgan fingerprint density at radius 1 is 0.232 bits per heavy atom. The Labute approximate surface area is 423 Å². The molecule has 0 heterocycles. The largest absolute Gasteiger partial charge is 0.456 e. The van der Waals surface area contributed by atoms with Crippen molar-refractivity contribution >= 4 is 43.1 Å². The van der Waals surface area contributed by atoms with Gasteiger partial charge < -0.3 is 4.74 Å². The van der Waals surface area contributed by atoms with Gasteiger partial charge in [-0.2, -0.15) is 0 Å². The van der Waals surface area contributed by atoms with Crippen molar-refractivity contribution in [3.63, 3.8) is 0 Å². The molecule has 0 spiro atoms. The number of aryl methyl sites for hydroxylation is 4. The Bertz CT molecular complexity index is 2180. The third-order valence-electron chi connectivity index (χ3n) is 15.8. The van der Waals surface area contributed by atoms with E-state index in [9.17, 15) is 0 Å². The van der Waals surface area contributed by atoms with E-state index < -0.39 is 0 Å². The zero-order valence-electron chi connectivity index (χ0n) is 44.9. The van der Waals surface area contributed by atoms with Crippen molar-refractivity contribution in [2.75, 3.05) is 0 Å². The van der Waals surface area contributed by atoms with Gasteiger partial charge in [-0.1, -0.05) is 280 Å². The molecular formula is C68H98O. The van der Waals surface area contributed by atoms with Crippen LogP contribution >= 0.6 is 0 Å². The minimum atomic E-state index is 1.05. The van der Waals surface area contributed by atoms with Crippen molar-refractivity contribution in [3.8, 4) is 11.5 Å². The van der Waals surface area contributed by atoms with Crippen LogP contribution in [0.4, 0.5) is 0 Å². The summed E-state index contributed by atoms with van der Waals surface area (Å²) in [5.41, 5.74) is 6.07. The van der Waals surface area contributed by atoms with Crippen LogP contribution in [-0.4, -0.2) is 0 Å². The van der Waals surface area contributed by atoms with E-state index in [4.69, 9.17) is 4.74 Å². The number of hydrogen-bond donors (Lipinski definition) is 0. The molecule has 0 aliphatic heterocycles. The molecule has 6 aromatic rings. The van der Waals surface area contributed by atoms with Gasteiger partial charge in [0.05, 0.1) is 0 Å². The van der Waals surface area contributed by atoms with Crippen molar-refractivity contribution in [2.45, 2.75) is 259 Å². The molecule has 0 radical (unpaired) electrons. The van der Waals surface area contributed by atoms with Gasteiger partial charge in [0.25, 0.3) is 0 Å². The maximum Gasteiger partial charge on any atom is 0.135 e. The van der Waals surface area contributed by atoms with Crippen LogP contribution < -0.4 is 4.74 Å². The minimum absolute atomic E-state index is 1.05. The van der Waals surface area contributed by atoms with Crippen LogP contribution in [0.5, 0.6) is 11.5 Å². The Morgan fingerprint density at radius 2 is 0.464 bits per heavy atom. The first-order valence-corrected chi connectivity index (χ1v) is 29.8. The van der Waals surface area contributed by atoms with Crippen LogP contribution in [0.1, 0.15) is 255 Å². The summed E-state index contributed by atoms with van der Waals surface area (Å²) in [6, 6.07) is 33.0. The van der Waals surface area contributed by atoms with E-state index in [0.717, 1.165) is 37.2 Å². The van der Waals surface area contributed by atoms with Gasteiger partial charge in [-0.05, 0) is 118 Å². The van der Waals surface area contributed by atoms with E-state index in [0.29, 0.717) is 0 Å². The second-order valence-corrected chi connectivity index (χ2v) is 21.4. The summed E-state index contributed by atoms with van der Waals surface area (Å²) in [5.74, 6) is 2.10. The zero-order chi connectivity index (χ0) is 48.1. The molecule has 6 rings (SSSR count). The van der Waals surface area contributed by atoms with Crippen LogP contribution in [0.3, 0.4) is 0 Å². The maximum absolute atomic E-state index is 7.64. The predicted molar refractivity (Wildman–Crippen MR) is 308 cm³/mol. The molecule has 6 aromatic carbocycles. The molecule has 0 aliphatic carbocycles. The molecule has 1 nitrogen and oxygen atoms in total. The van der Waals surface area contributed by atoms with E-state index in [-0.39, 0.29) is 0 Å². The van der Waals surface area contributed by atoms with Gasteiger partial charge in [0, 0.05) is 10.8 Å². The van der Waals surface area contributed by atoms with Crippen LogP contribution in [-0.2, 0) is 25.7 Å².